The summed E-state index contributed by atoms with van der Waals surface area (Å²) in [6, 6.07) is 5.80. The Morgan fingerprint density at radius 1 is 1.45 bits per heavy atom. The Balaban J connectivity index is 2.12. The Labute approximate surface area is 128 Å². The van der Waals surface area contributed by atoms with Gasteiger partial charge in [-0.1, -0.05) is 24.6 Å². The predicted molar refractivity (Wildman–Crippen MR) is 84.6 cm³/mol. The van der Waals surface area contributed by atoms with Gasteiger partial charge in [0.1, 0.15) is 12.4 Å². The third-order valence-electron chi connectivity index (χ3n) is 3.11. The van der Waals surface area contributed by atoms with E-state index in [9.17, 15) is 0 Å². The number of benzene rings is 1. The van der Waals surface area contributed by atoms with Crippen molar-refractivity contribution in [2.24, 2.45) is 5.73 Å². The van der Waals surface area contributed by atoms with E-state index in [-0.39, 0.29) is 6.04 Å². The van der Waals surface area contributed by atoms with E-state index in [1.807, 2.05) is 30.5 Å². The van der Waals surface area contributed by atoms with Crippen molar-refractivity contribution in [2.45, 2.75) is 39.3 Å². The van der Waals surface area contributed by atoms with Crippen LogP contribution < -0.4 is 10.5 Å². The molecule has 0 saturated carbocycles. The molecule has 0 fully saturated rings. The molecule has 1 aromatic carbocycles. The van der Waals surface area contributed by atoms with Gasteiger partial charge in [-0.25, -0.2) is 4.98 Å². The molecule has 0 spiro atoms. The van der Waals surface area contributed by atoms with Gasteiger partial charge in [-0.2, -0.15) is 0 Å². The van der Waals surface area contributed by atoms with E-state index in [1.165, 1.54) is 0 Å². The Morgan fingerprint density at radius 2 is 2.25 bits per heavy atom. The molecule has 2 N–H and O–H groups in total. The first-order valence-corrected chi connectivity index (χ1v) is 7.92. The summed E-state index contributed by atoms with van der Waals surface area (Å²) in [5.41, 5.74) is 7.95. The monoisotopic (exact) mass is 310 g/mol. The maximum atomic E-state index is 6.27. The minimum absolute atomic E-state index is 0.0961. The van der Waals surface area contributed by atoms with E-state index in [1.54, 1.807) is 11.3 Å². The molecule has 2 aromatic rings. The van der Waals surface area contributed by atoms with Gasteiger partial charge in [0, 0.05) is 22.0 Å². The molecule has 0 aliphatic rings. The maximum Gasteiger partial charge on any atom is 0.131 e. The second-order valence-electron chi connectivity index (χ2n) is 4.74. The summed E-state index contributed by atoms with van der Waals surface area (Å²) in [5, 5.41) is 3.76. The van der Waals surface area contributed by atoms with Crippen molar-refractivity contribution in [3.05, 3.63) is 44.9 Å². The van der Waals surface area contributed by atoms with Crippen LogP contribution in [0.2, 0.25) is 5.02 Å². The lowest BCUT2D eigenvalue weighted by Crippen LogP contribution is -2.22. The van der Waals surface area contributed by atoms with Gasteiger partial charge in [0.05, 0.1) is 10.7 Å². The van der Waals surface area contributed by atoms with Gasteiger partial charge in [0.2, 0.25) is 0 Å². The highest BCUT2D eigenvalue weighted by Crippen LogP contribution is 2.28. The van der Waals surface area contributed by atoms with E-state index in [0.717, 1.165) is 34.9 Å². The molecule has 0 radical (unpaired) electrons. The molecule has 3 nitrogen and oxygen atoms in total. The largest absolute Gasteiger partial charge is 0.487 e. The first-order chi connectivity index (χ1) is 9.60. The highest BCUT2D eigenvalue weighted by molar-refractivity contribution is 7.09. The average Bonchev–Trinajstić information content (AvgIpc) is 2.85. The quantitative estimate of drug-likeness (QED) is 0.878. The van der Waals surface area contributed by atoms with Crippen molar-refractivity contribution in [1.29, 1.82) is 0 Å². The van der Waals surface area contributed by atoms with Gasteiger partial charge >= 0.3 is 0 Å². The van der Waals surface area contributed by atoms with Crippen LogP contribution in [0.1, 0.15) is 29.6 Å². The summed E-state index contributed by atoms with van der Waals surface area (Å²) in [6.07, 6.45) is 1.64. The van der Waals surface area contributed by atoms with Gasteiger partial charge in [0.15, 0.2) is 0 Å². The number of rotatable bonds is 6. The average molecular weight is 311 g/mol. The first-order valence-electron chi connectivity index (χ1n) is 6.67. The lowest BCUT2D eigenvalue weighted by atomic mass is 10.0. The molecule has 0 aliphatic carbocycles. The topological polar surface area (TPSA) is 48.1 Å². The van der Waals surface area contributed by atoms with E-state index in [2.05, 4.69) is 11.9 Å². The summed E-state index contributed by atoms with van der Waals surface area (Å²) < 4.78 is 5.87. The SMILES string of the molecule is CCC(N)Cc1c(Cl)cccc1OCc1csc(C)n1. The second kappa shape index (κ2) is 7.07. The Hall–Kier alpha value is -1.10. The Morgan fingerprint density at radius 3 is 2.90 bits per heavy atom. The molecule has 1 atom stereocenters. The number of ether oxygens (including phenoxy) is 1. The molecule has 0 saturated heterocycles. The minimum Gasteiger partial charge on any atom is -0.487 e. The molecule has 1 unspecified atom stereocenters. The number of hydrogen-bond donors (Lipinski definition) is 1. The van der Waals surface area contributed by atoms with Crippen LogP contribution in [0.4, 0.5) is 0 Å². The molecule has 20 heavy (non-hydrogen) atoms. The van der Waals surface area contributed by atoms with E-state index >= 15 is 0 Å². The maximum absolute atomic E-state index is 6.27. The standard InChI is InChI=1S/C15H19ClN2OS/c1-3-11(17)7-13-14(16)5-4-6-15(13)19-8-12-9-20-10(2)18-12/h4-6,9,11H,3,7-8,17H2,1-2H3. The van der Waals surface area contributed by atoms with Crippen LogP contribution in [0.3, 0.4) is 0 Å². The number of thiazole rings is 1. The van der Waals surface area contributed by atoms with Crippen molar-refractivity contribution in [3.8, 4) is 5.75 Å². The van der Waals surface area contributed by atoms with Gasteiger partial charge in [-0.3, -0.25) is 0 Å². The van der Waals surface area contributed by atoms with Crippen LogP contribution in [0, 0.1) is 6.92 Å². The number of halogens is 1. The van der Waals surface area contributed by atoms with Crippen LogP contribution in [0.15, 0.2) is 23.6 Å². The molecule has 0 bridgehead atoms. The van der Waals surface area contributed by atoms with Crippen LogP contribution in [0.5, 0.6) is 5.75 Å². The lowest BCUT2D eigenvalue weighted by molar-refractivity contribution is 0.298. The Bertz CT molecular complexity index is 571. The molecule has 1 heterocycles. The summed E-state index contributed by atoms with van der Waals surface area (Å²) in [6.45, 7) is 4.51. The first kappa shape index (κ1) is 15.3. The van der Waals surface area contributed by atoms with Gasteiger partial charge < -0.3 is 10.5 Å². The Kier molecular flexibility index (Phi) is 5.40. The number of hydrogen-bond acceptors (Lipinski definition) is 4. The molecule has 0 aliphatic heterocycles. The normalized spacial score (nSPS) is 12.4. The van der Waals surface area contributed by atoms with Gasteiger partial charge in [-0.05, 0) is 31.9 Å². The summed E-state index contributed by atoms with van der Waals surface area (Å²) in [4.78, 5) is 4.39. The molecule has 2 rings (SSSR count). The zero-order valence-electron chi connectivity index (χ0n) is 11.7. The predicted octanol–water partition coefficient (Wildman–Crippen LogP) is 3.96. The third kappa shape index (κ3) is 3.95. The van der Waals surface area contributed by atoms with Crippen LogP contribution in [-0.4, -0.2) is 11.0 Å². The zero-order chi connectivity index (χ0) is 14.5. The molecule has 108 valence electrons. The lowest BCUT2D eigenvalue weighted by Gasteiger charge is -2.15. The van der Waals surface area contributed by atoms with Gasteiger partial charge in [-0.15, -0.1) is 11.3 Å². The summed E-state index contributed by atoms with van der Waals surface area (Å²) in [5.74, 6) is 0.798. The highest BCUT2D eigenvalue weighted by Gasteiger charge is 2.12. The van der Waals surface area contributed by atoms with Crippen molar-refractivity contribution < 1.29 is 4.74 Å². The summed E-state index contributed by atoms with van der Waals surface area (Å²) in [7, 11) is 0. The van der Waals surface area contributed by atoms with Crippen molar-refractivity contribution in [1.82, 2.24) is 4.98 Å². The fourth-order valence-corrected chi connectivity index (χ4v) is 2.75. The molecule has 1 aromatic heterocycles. The smallest absolute Gasteiger partial charge is 0.131 e. The number of nitrogens with zero attached hydrogens (tertiary/aromatic N) is 1. The van der Waals surface area contributed by atoms with Crippen molar-refractivity contribution in [2.75, 3.05) is 0 Å². The molecule has 5 heteroatoms. The highest BCUT2D eigenvalue weighted by atomic mass is 35.5. The van der Waals surface area contributed by atoms with E-state index < -0.39 is 0 Å². The molecule has 0 amide bonds. The van der Waals surface area contributed by atoms with E-state index in [0.29, 0.717) is 11.6 Å². The fraction of sp³-hybridized carbons (Fsp3) is 0.400. The molecular formula is C15H19ClN2OS. The fourth-order valence-electron chi connectivity index (χ4n) is 1.90. The van der Waals surface area contributed by atoms with E-state index in [4.69, 9.17) is 22.1 Å². The van der Waals surface area contributed by atoms with Crippen LogP contribution >= 0.6 is 22.9 Å². The molecular weight excluding hydrogens is 292 g/mol. The summed E-state index contributed by atoms with van der Waals surface area (Å²) >= 11 is 7.89. The van der Waals surface area contributed by atoms with Crippen molar-refractivity contribution in [3.63, 3.8) is 0 Å². The van der Waals surface area contributed by atoms with Crippen molar-refractivity contribution >= 4 is 22.9 Å². The number of aromatic nitrogens is 1. The van der Waals surface area contributed by atoms with Crippen LogP contribution in [-0.2, 0) is 13.0 Å². The number of nitrogens with two attached hydrogens (primary N) is 1. The number of aryl methyl sites for hydroxylation is 1. The third-order valence-corrected chi connectivity index (χ3v) is 4.29. The van der Waals surface area contributed by atoms with Gasteiger partial charge in [0.25, 0.3) is 0 Å². The minimum atomic E-state index is 0.0961. The second-order valence-corrected chi connectivity index (χ2v) is 6.20. The zero-order valence-corrected chi connectivity index (χ0v) is 13.3. The van der Waals surface area contributed by atoms with Crippen LogP contribution in [0.25, 0.3) is 0 Å².